The van der Waals surface area contributed by atoms with Crippen LogP contribution in [0.1, 0.15) is 17.2 Å². The van der Waals surface area contributed by atoms with Gasteiger partial charge in [-0.25, -0.2) is 14.2 Å². The first-order valence-corrected chi connectivity index (χ1v) is 6.45. The van der Waals surface area contributed by atoms with Gasteiger partial charge < -0.3 is 0 Å². The zero-order valence-corrected chi connectivity index (χ0v) is 11.1. The third-order valence-corrected chi connectivity index (χ3v) is 3.38. The van der Waals surface area contributed by atoms with Gasteiger partial charge in [0.2, 0.25) is 0 Å². The number of hydrazine groups is 1. The predicted octanol–water partition coefficient (Wildman–Crippen LogP) is 3.07. The summed E-state index contributed by atoms with van der Waals surface area (Å²) in [5.74, 6) is 4.34. The molecule has 1 aromatic heterocycles. The van der Waals surface area contributed by atoms with Crippen LogP contribution < -0.4 is 11.3 Å². The Balaban J connectivity index is 2.18. The molecule has 0 aliphatic carbocycles. The van der Waals surface area contributed by atoms with Crippen molar-refractivity contribution in [2.75, 3.05) is 0 Å². The number of nitrogens with one attached hydrogen (secondary N) is 1. The summed E-state index contributed by atoms with van der Waals surface area (Å²) in [5, 5.41) is 0.882. The molecule has 1 heterocycles. The van der Waals surface area contributed by atoms with Crippen LogP contribution in [0, 0.1) is 11.6 Å². The predicted molar refractivity (Wildman–Crippen MR) is 77.3 cm³/mol. The van der Waals surface area contributed by atoms with Gasteiger partial charge in [0, 0.05) is 17.6 Å². The molecule has 2 aromatic carbocycles. The number of rotatable bonds is 3. The number of nitrogens with zero attached hydrogens (tertiary/aromatic N) is 1. The molecule has 0 amide bonds. The fourth-order valence-corrected chi connectivity index (χ4v) is 2.49. The van der Waals surface area contributed by atoms with E-state index in [0.717, 1.165) is 22.5 Å². The van der Waals surface area contributed by atoms with Gasteiger partial charge in [0.1, 0.15) is 11.6 Å². The maximum atomic E-state index is 13.4. The molecule has 0 radical (unpaired) electrons. The van der Waals surface area contributed by atoms with E-state index in [1.54, 1.807) is 6.20 Å². The van der Waals surface area contributed by atoms with Gasteiger partial charge in [-0.15, -0.1) is 0 Å². The standard InChI is InChI=1S/C16H13F2N3/c17-11-7-10(8-12(18)9-11)16(21-19)14-3-1-5-15-13(14)4-2-6-20-15/h1-9,16,21H,19H2. The Labute approximate surface area is 120 Å². The normalized spacial score (nSPS) is 12.5. The Morgan fingerprint density at radius 1 is 1.00 bits per heavy atom. The van der Waals surface area contributed by atoms with E-state index in [0.29, 0.717) is 5.56 Å². The van der Waals surface area contributed by atoms with Gasteiger partial charge in [0.15, 0.2) is 0 Å². The van der Waals surface area contributed by atoms with Crippen molar-refractivity contribution in [2.45, 2.75) is 6.04 Å². The van der Waals surface area contributed by atoms with Gasteiger partial charge in [-0.1, -0.05) is 18.2 Å². The molecular formula is C16H13F2N3. The maximum absolute atomic E-state index is 13.4. The summed E-state index contributed by atoms with van der Waals surface area (Å²) in [7, 11) is 0. The lowest BCUT2D eigenvalue weighted by Crippen LogP contribution is -2.29. The fourth-order valence-electron chi connectivity index (χ4n) is 2.49. The highest BCUT2D eigenvalue weighted by Crippen LogP contribution is 2.28. The lowest BCUT2D eigenvalue weighted by molar-refractivity contribution is 0.567. The van der Waals surface area contributed by atoms with Crippen LogP contribution in [0.15, 0.2) is 54.7 Å². The lowest BCUT2D eigenvalue weighted by atomic mass is 9.95. The van der Waals surface area contributed by atoms with Crippen LogP contribution in [-0.4, -0.2) is 4.98 Å². The molecule has 0 fully saturated rings. The molecule has 3 rings (SSSR count). The highest BCUT2D eigenvalue weighted by molar-refractivity contribution is 5.82. The van der Waals surface area contributed by atoms with Gasteiger partial charge in [0.25, 0.3) is 0 Å². The van der Waals surface area contributed by atoms with E-state index in [4.69, 9.17) is 5.84 Å². The topological polar surface area (TPSA) is 50.9 Å². The third kappa shape index (κ3) is 2.61. The molecule has 0 aliphatic rings. The van der Waals surface area contributed by atoms with Gasteiger partial charge in [0.05, 0.1) is 11.6 Å². The van der Waals surface area contributed by atoms with Gasteiger partial charge in [-0.2, -0.15) is 0 Å². The van der Waals surface area contributed by atoms with Crippen LogP contribution in [0.3, 0.4) is 0 Å². The van der Waals surface area contributed by atoms with Crippen LogP contribution >= 0.6 is 0 Å². The largest absolute Gasteiger partial charge is 0.271 e. The highest BCUT2D eigenvalue weighted by Gasteiger charge is 2.17. The molecule has 0 saturated heterocycles. The van der Waals surface area contributed by atoms with E-state index >= 15 is 0 Å². The summed E-state index contributed by atoms with van der Waals surface area (Å²) in [5.41, 5.74) is 4.65. The van der Waals surface area contributed by atoms with Crippen molar-refractivity contribution < 1.29 is 8.78 Å². The van der Waals surface area contributed by atoms with Crippen molar-refractivity contribution in [1.29, 1.82) is 0 Å². The Morgan fingerprint density at radius 3 is 2.48 bits per heavy atom. The molecule has 3 N–H and O–H groups in total. The molecule has 5 heteroatoms. The second-order valence-corrected chi connectivity index (χ2v) is 4.72. The van der Waals surface area contributed by atoms with E-state index in [2.05, 4.69) is 10.4 Å². The summed E-state index contributed by atoms with van der Waals surface area (Å²) in [6, 6.07) is 12.1. The zero-order chi connectivity index (χ0) is 14.8. The Hall–Kier alpha value is -2.37. The van der Waals surface area contributed by atoms with E-state index in [-0.39, 0.29) is 0 Å². The number of fused-ring (bicyclic) bond motifs is 1. The van der Waals surface area contributed by atoms with E-state index in [9.17, 15) is 8.78 Å². The Morgan fingerprint density at radius 2 is 1.76 bits per heavy atom. The Bertz CT molecular complexity index is 764. The van der Waals surface area contributed by atoms with Gasteiger partial charge in [-0.3, -0.25) is 10.8 Å². The van der Waals surface area contributed by atoms with E-state index in [1.165, 1.54) is 12.1 Å². The molecule has 0 aliphatic heterocycles. The molecule has 0 spiro atoms. The molecule has 1 atom stereocenters. The molecule has 21 heavy (non-hydrogen) atoms. The van der Waals surface area contributed by atoms with E-state index in [1.807, 2.05) is 30.3 Å². The second kappa shape index (κ2) is 5.55. The first kappa shape index (κ1) is 13.6. The Kier molecular flexibility index (Phi) is 3.60. The summed E-state index contributed by atoms with van der Waals surface area (Å²) in [6.45, 7) is 0. The minimum Gasteiger partial charge on any atom is -0.271 e. The van der Waals surface area contributed by atoms with Crippen molar-refractivity contribution in [1.82, 2.24) is 10.4 Å². The lowest BCUT2D eigenvalue weighted by Gasteiger charge is -2.19. The minimum absolute atomic E-state index is 0.423. The quantitative estimate of drug-likeness (QED) is 0.574. The van der Waals surface area contributed by atoms with Crippen LogP contribution in [0.4, 0.5) is 8.78 Å². The third-order valence-electron chi connectivity index (χ3n) is 3.38. The number of aromatic nitrogens is 1. The number of halogens is 2. The molecule has 106 valence electrons. The van der Waals surface area contributed by atoms with Crippen LogP contribution in [0.5, 0.6) is 0 Å². The molecular weight excluding hydrogens is 272 g/mol. The average Bonchev–Trinajstić information content (AvgIpc) is 2.47. The zero-order valence-electron chi connectivity index (χ0n) is 11.1. The van der Waals surface area contributed by atoms with E-state index < -0.39 is 17.7 Å². The van der Waals surface area contributed by atoms with Crippen molar-refractivity contribution in [3.05, 3.63) is 77.5 Å². The summed E-state index contributed by atoms with van der Waals surface area (Å²) in [4.78, 5) is 4.27. The van der Waals surface area contributed by atoms with Crippen LogP contribution in [0.25, 0.3) is 10.9 Å². The molecule has 0 saturated carbocycles. The van der Waals surface area contributed by atoms with Crippen molar-refractivity contribution >= 4 is 10.9 Å². The maximum Gasteiger partial charge on any atom is 0.126 e. The highest BCUT2D eigenvalue weighted by atomic mass is 19.1. The SMILES string of the molecule is NNC(c1cc(F)cc(F)c1)c1cccc2ncccc12. The molecule has 3 nitrogen and oxygen atoms in total. The smallest absolute Gasteiger partial charge is 0.126 e. The minimum atomic E-state index is -0.636. The number of hydrogen-bond acceptors (Lipinski definition) is 3. The molecule has 1 unspecified atom stereocenters. The molecule has 0 bridgehead atoms. The summed E-state index contributed by atoms with van der Waals surface area (Å²) < 4.78 is 26.9. The number of hydrogen-bond donors (Lipinski definition) is 2. The number of pyridine rings is 1. The fraction of sp³-hybridized carbons (Fsp3) is 0.0625. The van der Waals surface area contributed by atoms with Crippen molar-refractivity contribution in [2.24, 2.45) is 5.84 Å². The first-order chi connectivity index (χ1) is 10.2. The monoisotopic (exact) mass is 285 g/mol. The number of benzene rings is 2. The average molecular weight is 285 g/mol. The van der Waals surface area contributed by atoms with Crippen molar-refractivity contribution in [3.8, 4) is 0 Å². The number of nitrogens with two attached hydrogens (primary N) is 1. The second-order valence-electron chi connectivity index (χ2n) is 4.72. The van der Waals surface area contributed by atoms with Gasteiger partial charge >= 0.3 is 0 Å². The van der Waals surface area contributed by atoms with Gasteiger partial charge in [-0.05, 0) is 35.4 Å². The van der Waals surface area contributed by atoms with Crippen LogP contribution in [0.2, 0.25) is 0 Å². The summed E-state index contributed by atoms with van der Waals surface area (Å²) >= 11 is 0. The first-order valence-electron chi connectivity index (χ1n) is 6.45. The molecule has 3 aromatic rings. The summed E-state index contributed by atoms with van der Waals surface area (Å²) in [6.07, 6.45) is 1.69. The van der Waals surface area contributed by atoms with Crippen LogP contribution in [-0.2, 0) is 0 Å². The van der Waals surface area contributed by atoms with Crippen molar-refractivity contribution in [3.63, 3.8) is 0 Å².